The number of halogens is 8. The molecule has 0 bridgehead atoms. The first-order chi connectivity index (χ1) is 8.03. The maximum Gasteiger partial charge on any atom is 0.460 e. The summed E-state index contributed by atoms with van der Waals surface area (Å²) in [6.07, 6.45) is -10.1. The molecule has 1 aliphatic heterocycles. The van der Waals surface area contributed by atoms with Crippen LogP contribution in [0.2, 0.25) is 0 Å². The molecule has 0 aliphatic carbocycles. The summed E-state index contributed by atoms with van der Waals surface area (Å²) in [6, 6.07) is 0. The molecule has 2 nitrogen and oxygen atoms in total. The first kappa shape index (κ1) is 15.0. The Balaban J connectivity index is 2.69. The van der Waals surface area contributed by atoms with Gasteiger partial charge in [-0.1, -0.05) is 0 Å². The molecule has 106 valence electrons. The minimum atomic E-state index is -5.48. The Morgan fingerprint density at radius 2 is 1.22 bits per heavy atom. The second-order valence-electron chi connectivity index (χ2n) is 3.54. The molecule has 0 amide bonds. The van der Waals surface area contributed by atoms with Crippen LogP contribution in [0.25, 0.3) is 0 Å². The van der Waals surface area contributed by atoms with Crippen molar-refractivity contribution in [2.24, 2.45) is 0 Å². The number of rotatable bonds is 1. The zero-order valence-electron chi connectivity index (χ0n) is 8.75. The van der Waals surface area contributed by atoms with E-state index >= 15 is 0 Å². The van der Waals surface area contributed by atoms with Gasteiger partial charge in [0.25, 0.3) is 5.83 Å². The average Bonchev–Trinajstić information content (AvgIpc) is 2.25. The van der Waals surface area contributed by atoms with Gasteiger partial charge in [0, 0.05) is 26.2 Å². The Morgan fingerprint density at radius 3 is 1.56 bits per heavy atom. The van der Waals surface area contributed by atoms with Crippen molar-refractivity contribution in [2.75, 3.05) is 26.2 Å². The van der Waals surface area contributed by atoms with Gasteiger partial charge in [-0.15, -0.1) is 0 Å². The maximum atomic E-state index is 13.0. The Hall–Kier alpha value is -1.06. The minimum absolute atomic E-state index is 0.0161. The van der Waals surface area contributed by atoms with E-state index in [1.807, 2.05) is 0 Å². The number of allylic oxidation sites excluding steroid dienone is 1. The molecule has 0 aromatic rings. The quantitative estimate of drug-likeness (QED) is 0.539. The zero-order chi connectivity index (χ0) is 14.1. The van der Waals surface area contributed by atoms with Crippen LogP contribution in [0.15, 0.2) is 11.8 Å². The van der Waals surface area contributed by atoms with Gasteiger partial charge < -0.3 is 4.90 Å². The van der Waals surface area contributed by atoms with Crippen LogP contribution in [0.3, 0.4) is 0 Å². The van der Waals surface area contributed by atoms with Crippen LogP contribution >= 0.6 is 0 Å². The summed E-state index contributed by atoms with van der Waals surface area (Å²) in [5.41, 5.74) is 0. The lowest BCUT2D eigenvalue weighted by molar-refractivity contribution is -0.252. The highest BCUT2D eigenvalue weighted by molar-refractivity contribution is 5.06. The molecule has 0 aromatic carbocycles. The number of piperazine rings is 1. The lowest BCUT2D eigenvalue weighted by atomic mass is 10.3. The van der Waals surface area contributed by atoms with Gasteiger partial charge in [0.1, 0.15) is 0 Å². The van der Waals surface area contributed by atoms with E-state index in [9.17, 15) is 35.1 Å². The molecule has 1 aliphatic rings. The van der Waals surface area contributed by atoms with Crippen molar-refractivity contribution >= 4 is 0 Å². The first-order valence-electron chi connectivity index (χ1n) is 4.72. The van der Waals surface area contributed by atoms with Gasteiger partial charge in [-0.05, 0) is 0 Å². The molecule has 1 rings (SSSR count). The molecule has 0 radical (unpaired) electrons. The van der Waals surface area contributed by atoms with E-state index in [4.69, 9.17) is 0 Å². The number of hydrogen-bond donors (Lipinski definition) is 0. The van der Waals surface area contributed by atoms with Crippen LogP contribution in [-0.2, 0) is 0 Å². The molecule has 0 aromatic heterocycles. The number of alkyl halides is 6. The van der Waals surface area contributed by atoms with Gasteiger partial charge in [-0.2, -0.15) is 35.1 Å². The molecule has 0 atom stereocenters. The fraction of sp³-hybridized carbons (Fsp3) is 0.750. The molecular formula is C8H8F8N2. The predicted molar refractivity (Wildman–Crippen MR) is 44.5 cm³/mol. The average molecular weight is 284 g/mol. The predicted octanol–water partition coefficient (Wildman–Crippen LogP) is 2.79. The summed E-state index contributed by atoms with van der Waals surface area (Å²) in [7, 11) is 0. The first-order valence-corrected chi connectivity index (χ1v) is 4.72. The Bertz CT molecular complexity index is 323. The van der Waals surface area contributed by atoms with Gasteiger partial charge in [0.2, 0.25) is 5.95 Å². The molecule has 0 spiro atoms. The molecule has 0 unspecified atom stereocenters. The maximum absolute atomic E-state index is 13.0. The summed E-state index contributed by atoms with van der Waals surface area (Å²) in [4.78, 5) is 0.313. The highest BCUT2D eigenvalue weighted by Crippen LogP contribution is 2.32. The normalized spacial score (nSPS) is 21.0. The van der Waals surface area contributed by atoms with Crippen molar-refractivity contribution in [1.29, 1.82) is 0 Å². The Kier molecular flexibility index (Phi) is 4.08. The van der Waals surface area contributed by atoms with E-state index in [1.54, 1.807) is 0 Å². The fourth-order valence-electron chi connectivity index (χ4n) is 1.41. The van der Waals surface area contributed by atoms with Crippen molar-refractivity contribution < 1.29 is 35.1 Å². The van der Waals surface area contributed by atoms with Crippen molar-refractivity contribution in [3.8, 4) is 0 Å². The molecule has 1 fully saturated rings. The summed E-state index contributed by atoms with van der Waals surface area (Å²) in [5, 5.41) is 0. The molecule has 1 heterocycles. The van der Waals surface area contributed by atoms with Crippen LogP contribution in [0.1, 0.15) is 0 Å². The lowest BCUT2D eigenvalue weighted by Gasteiger charge is -2.35. The minimum Gasteiger partial charge on any atom is -0.343 e. The van der Waals surface area contributed by atoms with Gasteiger partial charge in [0.05, 0.1) is 0 Å². The Labute approximate surface area is 96.4 Å². The third kappa shape index (κ3) is 3.47. The summed E-state index contributed by atoms with van der Waals surface area (Å²) in [6.45, 7) is -2.78. The van der Waals surface area contributed by atoms with Crippen LogP contribution in [0.4, 0.5) is 35.1 Å². The molecule has 0 N–H and O–H groups in total. The van der Waals surface area contributed by atoms with E-state index < -0.39 is 50.4 Å². The molecule has 18 heavy (non-hydrogen) atoms. The van der Waals surface area contributed by atoms with Crippen LogP contribution in [0.5, 0.6) is 0 Å². The number of hydrogen-bond acceptors (Lipinski definition) is 2. The van der Waals surface area contributed by atoms with E-state index in [-0.39, 0.29) is 4.90 Å². The van der Waals surface area contributed by atoms with Gasteiger partial charge in [-0.3, -0.25) is 0 Å². The number of nitrogens with zero attached hydrogens (tertiary/aromatic N) is 2. The van der Waals surface area contributed by atoms with Crippen molar-refractivity contribution in [3.05, 3.63) is 11.8 Å². The Morgan fingerprint density at radius 1 is 0.778 bits per heavy atom. The third-order valence-electron chi connectivity index (χ3n) is 2.35. The van der Waals surface area contributed by atoms with Crippen LogP contribution < -0.4 is 0 Å². The second kappa shape index (κ2) is 4.90. The summed E-state index contributed by atoms with van der Waals surface area (Å²) in [5.74, 6) is -5.10. The smallest absolute Gasteiger partial charge is 0.343 e. The molecule has 1 saturated heterocycles. The van der Waals surface area contributed by atoms with Gasteiger partial charge in [-0.25, -0.2) is 4.90 Å². The zero-order valence-corrected chi connectivity index (χ0v) is 8.75. The SMILES string of the molecule is F/C(=C(/F)C(F)(F)F)N1CCN(C(F)(F)F)CC1. The van der Waals surface area contributed by atoms with E-state index in [2.05, 4.69) is 0 Å². The lowest BCUT2D eigenvalue weighted by Crippen LogP contribution is -2.51. The second-order valence-corrected chi connectivity index (χ2v) is 3.54. The van der Waals surface area contributed by atoms with E-state index in [0.717, 1.165) is 0 Å². The molecular weight excluding hydrogens is 276 g/mol. The highest BCUT2D eigenvalue weighted by Gasteiger charge is 2.42. The van der Waals surface area contributed by atoms with E-state index in [0.29, 0.717) is 4.90 Å². The fourth-order valence-corrected chi connectivity index (χ4v) is 1.41. The van der Waals surface area contributed by atoms with Crippen molar-refractivity contribution in [3.63, 3.8) is 0 Å². The third-order valence-corrected chi connectivity index (χ3v) is 2.35. The van der Waals surface area contributed by atoms with Gasteiger partial charge >= 0.3 is 12.5 Å². The van der Waals surface area contributed by atoms with Crippen LogP contribution in [-0.4, -0.2) is 48.5 Å². The van der Waals surface area contributed by atoms with E-state index in [1.165, 1.54) is 0 Å². The molecule has 10 heteroatoms. The highest BCUT2D eigenvalue weighted by atomic mass is 19.4. The summed E-state index contributed by atoms with van der Waals surface area (Å²) >= 11 is 0. The monoisotopic (exact) mass is 284 g/mol. The largest absolute Gasteiger partial charge is 0.460 e. The van der Waals surface area contributed by atoms with Crippen molar-refractivity contribution in [2.45, 2.75) is 12.5 Å². The summed E-state index contributed by atoms with van der Waals surface area (Å²) < 4.78 is 97.5. The standard InChI is InChI=1S/C8H8F8N2/c9-5(7(11,12)13)6(10)17-1-3-18(4-2-17)8(14,15)16/h1-4H2/b6-5-. The van der Waals surface area contributed by atoms with Crippen molar-refractivity contribution in [1.82, 2.24) is 9.80 Å². The topological polar surface area (TPSA) is 6.48 Å². The molecule has 0 saturated carbocycles. The van der Waals surface area contributed by atoms with Crippen LogP contribution in [0, 0.1) is 0 Å². The van der Waals surface area contributed by atoms with Gasteiger partial charge in [0.15, 0.2) is 0 Å².